The van der Waals surface area contributed by atoms with Crippen molar-refractivity contribution >= 4 is 34.3 Å². The highest BCUT2D eigenvalue weighted by molar-refractivity contribution is 8.00. The molecule has 0 saturated heterocycles. The Morgan fingerprint density at radius 1 is 1.15 bits per heavy atom. The molecule has 1 heterocycles. The molecule has 0 unspecified atom stereocenters. The van der Waals surface area contributed by atoms with Crippen molar-refractivity contribution < 1.29 is 18.3 Å². The lowest BCUT2D eigenvalue weighted by Crippen LogP contribution is -2.15. The highest BCUT2D eigenvalue weighted by atomic mass is 32.2. The molecule has 134 valence electrons. The quantitative estimate of drug-likeness (QED) is 0.515. The normalized spacial score (nSPS) is 10.9. The van der Waals surface area contributed by atoms with Crippen LogP contribution in [0.5, 0.6) is 5.75 Å². The van der Waals surface area contributed by atoms with Crippen LogP contribution < -0.4 is 10.1 Å². The van der Waals surface area contributed by atoms with Crippen molar-refractivity contribution in [2.45, 2.75) is 18.6 Å². The van der Waals surface area contributed by atoms with Gasteiger partial charge in [-0.25, -0.2) is 9.97 Å². The fourth-order valence-corrected chi connectivity index (χ4v) is 3.22. The Hall–Kier alpha value is -2.74. The van der Waals surface area contributed by atoms with Gasteiger partial charge in [-0.05, 0) is 25.1 Å². The SMILES string of the molecule is Cc1nc(SCC(=O)Nc2ccccc2OC(F)F)c2ccccc2n1. The third-order valence-electron chi connectivity index (χ3n) is 3.40. The minimum absolute atomic E-state index is 0.0729. The molecule has 1 amide bonds. The molecule has 0 aliphatic rings. The van der Waals surface area contributed by atoms with Gasteiger partial charge in [0.05, 0.1) is 17.0 Å². The smallest absolute Gasteiger partial charge is 0.387 e. The van der Waals surface area contributed by atoms with Crippen molar-refractivity contribution in [1.82, 2.24) is 9.97 Å². The van der Waals surface area contributed by atoms with Gasteiger partial charge in [-0.2, -0.15) is 8.78 Å². The van der Waals surface area contributed by atoms with Gasteiger partial charge in [-0.15, -0.1) is 0 Å². The van der Waals surface area contributed by atoms with Crippen molar-refractivity contribution in [3.8, 4) is 5.75 Å². The molecule has 0 spiro atoms. The zero-order chi connectivity index (χ0) is 18.5. The Kier molecular flexibility index (Phi) is 5.62. The minimum atomic E-state index is -2.96. The number of alkyl halides is 2. The van der Waals surface area contributed by atoms with Crippen molar-refractivity contribution in [2.24, 2.45) is 0 Å². The number of anilines is 1. The maximum absolute atomic E-state index is 12.4. The van der Waals surface area contributed by atoms with E-state index in [0.717, 1.165) is 10.9 Å². The number of carbonyl (C=O) groups excluding carboxylic acids is 1. The molecular formula is C18H15F2N3O2S. The highest BCUT2D eigenvalue weighted by Crippen LogP contribution is 2.27. The average Bonchev–Trinajstić information content (AvgIpc) is 2.61. The van der Waals surface area contributed by atoms with Crippen LogP contribution in [0.3, 0.4) is 0 Å². The standard InChI is InChI=1S/C18H15F2N3O2S/c1-11-21-13-7-3-2-6-12(13)17(22-11)26-10-16(24)23-14-8-4-5-9-15(14)25-18(19)20/h2-9,18H,10H2,1H3,(H,23,24). The van der Waals surface area contributed by atoms with Gasteiger partial charge >= 0.3 is 6.61 Å². The van der Waals surface area contributed by atoms with Crippen LogP contribution in [0.15, 0.2) is 53.6 Å². The molecule has 5 nitrogen and oxygen atoms in total. The van der Waals surface area contributed by atoms with E-state index in [1.807, 2.05) is 24.3 Å². The van der Waals surface area contributed by atoms with Gasteiger partial charge in [0.15, 0.2) is 0 Å². The predicted molar refractivity (Wildman–Crippen MR) is 96.7 cm³/mol. The summed E-state index contributed by atoms with van der Waals surface area (Å²) in [4.78, 5) is 21.0. The topological polar surface area (TPSA) is 64.1 Å². The Balaban J connectivity index is 1.71. The van der Waals surface area contributed by atoms with Gasteiger partial charge in [-0.3, -0.25) is 4.79 Å². The first-order valence-electron chi connectivity index (χ1n) is 7.73. The van der Waals surface area contributed by atoms with Gasteiger partial charge in [0.1, 0.15) is 16.6 Å². The summed E-state index contributed by atoms with van der Waals surface area (Å²) in [7, 11) is 0. The molecule has 0 saturated carbocycles. The lowest BCUT2D eigenvalue weighted by atomic mass is 10.2. The molecule has 3 aromatic rings. The first-order valence-corrected chi connectivity index (χ1v) is 8.71. The van der Waals surface area contributed by atoms with Crippen LogP contribution in [0.4, 0.5) is 14.5 Å². The first kappa shape index (κ1) is 18.1. The number of aromatic nitrogens is 2. The molecule has 0 radical (unpaired) electrons. The summed E-state index contributed by atoms with van der Waals surface area (Å²) in [5.74, 6) is 0.260. The maximum atomic E-state index is 12.4. The Morgan fingerprint density at radius 3 is 2.69 bits per heavy atom. The number of hydrogen-bond donors (Lipinski definition) is 1. The zero-order valence-electron chi connectivity index (χ0n) is 13.8. The average molecular weight is 375 g/mol. The molecule has 0 aliphatic heterocycles. The van der Waals surface area contributed by atoms with Crippen LogP contribution in [0.2, 0.25) is 0 Å². The molecular weight excluding hydrogens is 360 g/mol. The second-order valence-electron chi connectivity index (χ2n) is 5.30. The largest absolute Gasteiger partial charge is 0.433 e. The third kappa shape index (κ3) is 4.45. The summed E-state index contributed by atoms with van der Waals surface area (Å²) >= 11 is 1.26. The fraction of sp³-hybridized carbons (Fsp3) is 0.167. The van der Waals surface area contributed by atoms with E-state index >= 15 is 0 Å². The van der Waals surface area contributed by atoms with Gasteiger partial charge in [-0.1, -0.05) is 42.1 Å². The predicted octanol–water partition coefficient (Wildman–Crippen LogP) is 4.27. The minimum Gasteiger partial charge on any atom is -0.433 e. The van der Waals surface area contributed by atoms with E-state index in [1.165, 1.54) is 23.9 Å². The molecule has 0 atom stereocenters. The number of fused-ring (bicyclic) bond motifs is 1. The Labute approximate surface area is 152 Å². The monoisotopic (exact) mass is 375 g/mol. The molecule has 1 N–H and O–H groups in total. The fourth-order valence-electron chi connectivity index (χ4n) is 2.36. The number of rotatable bonds is 6. The van der Waals surface area contributed by atoms with Crippen molar-refractivity contribution in [1.29, 1.82) is 0 Å². The van der Waals surface area contributed by atoms with Gasteiger partial charge < -0.3 is 10.1 Å². The molecule has 3 rings (SSSR count). The summed E-state index contributed by atoms with van der Waals surface area (Å²) < 4.78 is 29.3. The number of halogens is 2. The van der Waals surface area contributed by atoms with E-state index in [4.69, 9.17) is 0 Å². The van der Waals surface area contributed by atoms with Crippen LogP contribution in [0, 0.1) is 6.92 Å². The number of para-hydroxylation sites is 3. The lowest BCUT2D eigenvalue weighted by molar-refractivity contribution is -0.113. The number of thioether (sulfide) groups is 1. The van der Waals surface area contributed by atoms with Crippen LogP contribution in [-0.2, 0) is 4.79 Å². The molecule has 2 aromatic carbocycles. The van der Waals surface area contributed by atoms with Crippen molar-refractivity contribution in [2.75, 3.05) is 11.1 Å². The number of amides is 1. The number of ether oxygens (including phenoxy) is 1. The number of nitrogens with zero attached hydrogens (tertiary/aromatic N) is 2. The molecule has 0 bridgehead atoms. The molecule has 26 heavy (non-hydrogen) atoms. The number of hydrogen-bond acceptors (Lipinski definition) is 5. The van der Waals surface area contributed by atoms with E-state index in [9.17, 15) is 13.6 Å². The van der Waals surface area contributed by atoms with Crippen molar-refractivity contribution in [3.63, 3.8) is 0 Å². The second-order valence-corrected chi connectivity index (χ2v) is 6.27. The Bertz CT molecular complexity index is 937. The number of nitrogens with one attached hydrogen (secondary N) is 1. The van der Waals surface area contributed by atoms with Crippen LogP contribution in [0.25, 0.3) is 10.9 Å². The van der Waals surface area contributed by atoms with Crippen LogP contribution in [-0.4, -0.2) is 28.2 Å². The molecule has 8 heteroatoms. The van der Waals surface area contributed by atoms with E-state index in [1.54, 1.807) is 19.1 Å². The van der Waals surface area contributed by atoms with Crippen LogP contribution in [0.1, 0.15) is 5.82 Å². The van der Waals surface area contributed by atoms with Gasteiger partial charge in [0, 0.05) is 5.39 Å². The second kappa shape index (κ2) is 8.09. The molecule has 1 aromatic heterocycles. The van der Waals surface area contributed by atoms with E-state index in [2.05, 4.69) is 20.0 Å². The summed E-state index contributed by atoms with van der Waals surface area (Å²) in [6.45, 7) is -1.17. The van der Waals surface area contributed by atoms with Gasteiger partial charge in [0.2, 0.25) is 5.91 Å². The number of carbonyl (C=O) groups is 1. The van der Waals surface area contributed by atoms with Crippen LogP contribution >= 0.6 is 11.8 Å². The van der Waals surface area contributed by atoms with E-state index in [0.29, 0.717) is 10.9 Å². The third-order valence-corrected chi connectivity index (χ3v) is 4.39. The zero-order valence-corrected chi connectivity index (χ0v) is 14.6. The molecule has 0 aliphatic carbocycles. The van der Waals surface area contributed by atoms with E-state index < -0.39 is 6.61 Å². The summed E-state index contributed by atoms with van der Waals surface area (Å²) in [5.41, 5.74) is 1.00. The van der Waals surface area contributed by atoms with Gasteiger partial charge in [0.25, 0.3) is 0 Å². The summed E-state index contributed by atoms with van der Waals surface area (Å²) in [6.07, 6.45) is 0. The number of aryl methyl sites for hydroxylation is 1. The highest BCUT2D eigenvalue weighted by Gasteiger charge is 2.13. The van der Waals surface area contributed by atoms with Crippen molar-refractivity contribution in [3.05, 3.63) is 54.4 Å². The Morgan fingerprint density at radius 2 is 1.88 bits per heavy atom. The van der Waals surface area contributed by atoms with E-state index in [-0.39, 0.29) is 23.1 Å². The number of benzene rings is 2. The summed E-state index contributed by atoms with van der Waals surface area (Å²) in [6, 6.07) is 13.6. The summed E-state index contributed by atoms with van der Waals surface area (Å²) in [5, 5.41) is 4.14. The molecule has 0 fully saturated rings. The first-order chi connectivity index (χ1) is 12.5. The lowest BCUT2D eigenvalue weighted by Gasteiger charge is -2.11. The maximum Gasteiger partial charge on any atom is 0.387 e.